The number of β-lactam (4-membered cyclic amide) rings is 1. The van der Waals surface area contributed by atoms with Crippen molar-refractivity contribution in [2.75, 3.05) is 6.54 Å². The highest BCUT2D eigenvalue weighted by atomic mass is 16.6. The van der Waals surface area contributed by atoms with Crippen molar-refractivity contribution >= 4 is 34.5 Å². The number of carbonyl (C=O) groups excluding carboxylic acids is 4. The Morgan fingerprint density at radius 3 is 1.94 bits per heavy atom. The van der Waals surface area contributed by atoms with Crippen LogP contribution in [0.2, 0.25) is 0 Å². The van der Waals surface area contributed by atoms with Gasteiger partial charge in [0, 0.05) is 25.8 Å². The summed E-state index contributed by atoms with van der Waals surface area (Å²) in [6.07, 6.45) is -0.418. The van der Waals surface area contributed by atoms with E-state index in [1.54, 1.807) is 35.2 Å². The number of hydrogen-bond acceptors (Lipinski definition) is 6. The summed E-state index contributed by atoms with van der Waals surface area (Å²) in [5, 5.41) is 5.05. The predicted molar refractivity (Wildman–Crippen MR) is 189 cm³/mol. The Balaban J connectivity index is 1.19. The number of rotatable bonds is 10. The molecule has 5 aromatic rings. The standard InChI is InChI=1S/C42H38N2O6/c1-27-26-44-38(42(27,50-28(2)45)25-29-22-23-30-14-12-13-21-34(30)24-29)36(40(44)47)43-39(46)35(31-15-6-3-7-16-31)41(48)49-37(32-17-8-4-9-18-32)33-19-10-5-11-20-33/h3-24,27,35-38H,25-26H2,1-2H3,(H,43,46)/t27?,35?,36?,38-,42?/m0/s1. The number of carbonyl (C=O) groups is 4. The van der Waals surface area contributed by atoms with Gasteiger partial charge < -0.3 is 19.7 Å². The Morgan fingerprint density at radius 1 is 0.780 bits per heavy atom. The Hall–Kier alpha value is -5.76. The van der Waals surface area contributed by atoms with Crippen molar-refractivity contribution in [3.8, 4) is 0 Å². The molecule has 0 spiro atoms. The molecule has 5 atom stereocenters. The molecule has 1 N–H and O–H groups in total. The zero-order valence-corrected chi connectivity index (χ0v) is 27.9. The van der Waals surface area contributed by atoms with E-state index in [1.165, 1.54) is 6.92 Å². The first-order valence-corrected chi connectivity index (χ1v) is 16.9. The third-order valence-electron chi connectivity index (χ3n) is 10.0. The molecule has 8 nitrogen and oxygen atoms in total. The van der Waals surface area contributed by atoms with Gasteiger partial charge >= 0.3 is 11.9 Å². The topological polar surface area (TPSA) is 102 Å². The van der Waals surface area contributed by atoms with Crippen LogP contribution in [0.5, 0.6) is 0 Å². The fraction of sp³-hybridized carbons (Fsp3) is 0.238. The van der Waals surface area contributed by atoms with Crippen LogP contribution in [0.3, 0.4) is 0 Å². The molecule has 0 aromatic heterocycles. The highest BCUT2D eigenvalue weighted by molar-refractivity contribution is 6.06. The molecular weight excluding hydrogens is 628 g/mol. The number of benzene rings is 5. The Kier molecular flexibility index (Phi) is 8.93. The molecule has 2 saturated heterocycles. The maximum Gasteiger partial charge on any atom is 0.324 e. The summed E-state index contributed by atoms with van der Waals surface area (Å²) in [7, 11) is 0. The van der Waals surface area contributed by atoms with Crippen LogP contribution in [0.15, 0.2) is 133 Å². The average molecular weight is 667 g/mol. The van der Waals surface area contributed by atoms with Gasteiger partial charge in [0.15, 0.2) is 12.0 Å². The summed E-state index contributed by atoms with van der Waals surface area (Å²) in [5.74, 6) is -3.76. The molecule has 8 heteroatoms. The van der Waals surface area contributed by atoms with Crippen molar-refractivity contribution in [1.29, 1.82) is 0 Å². The number of esters is 2. The molecule has 2 fully saturated rings. The summed E-state index contributed by atoms with van der Waals surface area (Å²) in [6.45, 7) is 3.70. The minimum absolute atomic E-state index is 0.221. The molecule has 5 aromatic carbocycles. The first-order chi connectivity index (χ1) is 24.2. The van der Waals surface area contributed by atoms with Gasteiger partial charge in [-0.05, 0) is 33.0 Å². The van der Waals surface area contributed by atoms with Crippen molar-refractivity contribution in [3.05, 3.63) is 156 Å². The summed E-state index contributed by atoms with van der Waals surface area (Å²) in [4.78, 5) is 56.5. The van der Waals surface area contributed by atoms with E-state index in [0.29, 0.717) is 18.5 Å². The number of fused-ring (bicyclic) bond motifs is 2. The van der Waals surface area contributed by atoms with Crippen molar-refractivity contribution in [3.63, 3.8) is 0 Å². The fourth-order valence-corrected chi connectivity index (χ4v) is 7.64. The summed E-state index contributed by atoms with van der Waals surface area (Å²) >= 11 is 0. The first-order valence-electron chi connectivity index (χ1n) is 16.9. The highest BCUT2D eigenvalue weighted by Crippen LogP contribution is 2.47. The zero-order chi connectivity index (χ0) is 34.8. The third kappa shape index (κ3) is 6.13. The van der Waals surface area contributed by atoms with E-state index >= 15 is 0 Å². The van der Waals surface area contributed by atoms with Gasteiger partial charge in [-0.3, -0.25) is 19.2 Å². The zero-order valence-electron chi connectivity index (χ0n) is 27.9. The highest BCUT2D eigenvalue weighted by Gasteiger charge is 2.67. The lowest BCUT2D eigenvalue weighted by molar-refractivity contribution is -0.177. The lowest BCUT2D eigenvalue weighted by Crippen LogP contribution is -2.75. The summed E-state index contributed by atoms with van der Waals surface area (Å²) < 4.78 is 12.4. The van der Waals surface area contributed by atoms with E-state index in [2.05, 4.69) is 11.4 Å². The molecule has 2 heterocycles. The number of nitrogens with zero attached hydrogens (tertiary/aromatic N) is 1. The number of hydrogen-bond donors (Lipinski definition) is 1. The smallest absolute Gasteiger partial charge is 0.324 e. The van der Waals surface area contributed by atoms with Crippen LogP contribution in [-0.2, 0) is 35.1 Å². The van der Waals surface area contributed by atoms with Crippen LogP contribution in [0.4, 0.5) is 0 Å². The minimum atomic E-state index is -1.37. The SMILES string of the molecule is CC(=O)OC1(Cc2ccc3ccccc3c2)C(C)CN2C(=O)C(NC(=O)C(C(=O)OC(c3ccccc3)c3ccccc3)c3ccccc3)[C@H]21. The van der Waals surface area contributed by atoms with Crippen molar-refractivity contribution in [2.24, 2.45) is 5.92 Å². The van der Waals surface area contributed by atoms with E-state index in [9.17, 15) is 19.2 Å². The monoisotopic (exact) mass is 666 g/mol. The van der Waals surface area contributed by atoms with Gasteiger partial charge in [-0.2, -0.15) is 0 Å². The van der Waals surface area contributed by atoms with E-state index in [1.807, 2.05) is 104 Å². The third-order valence-corrected chi connectivity index (χ3v) is 10.0. The van der Waals surface area contributed by atoms with Crippen LogP contribution in [0, 0.1) is 5.92 Å². The molecule has 252 valence electrons. The summed E-state index contributed by atoms with van der Waals surface area (Å²) in [5.41, 5.74) is 1.78. The van der Waals surface area contributed by atoms with Gasteiger partial charge in [-0.1, -0.05) is 140 Å². The maximum absolute atomic E-state index is 14.3. The predicted octanol–water partition coefficient (Wildman–Crippen LogP) is 6.15. The Labute approximate surface area is 291 Å². The molecular formula is C42H38N2O6. The number of nitrogens with one attached hydrogen (secondary N) is 1. The Morgan fingerprint density at radius 2 is 1.34 bits per heavy atom. The molecule has 0 aliphatic carbocycles. The lowest BCUT2D eigenvalue weighted by Gasteiger charge is -2.49. The van der Waals surface area contributed by atoms with Gasteiger partial charge in [0.1, 0.15) is 17.7 Å². The second-order valence-corrected chi connectivity index (χ2v) is 13.2. The van der Waals surface area contributed by atoms with Crippen LogP contribution >= 0.6 is 0 Å². The molecule has 0 bridgehead atoms. The molecule has 4 unspecified atom stereocenters. The van der Waals surface area contributed by atoms with Gasteiger partial charge in [-0.15, -0.1) is 0 Å². The lowest BCUT2D eigenvalue weighted by atomic mass is 9.75. The number of amides is 2. The van der Waals surface area contributed by atoms with Gasteiger partial charge in [0.05, 0.1) is 0 Å². The largest absolute Gasteiger partial charge is 0.456 e. The first kappa shape index (κ1) is 32.8. The van der Waals surface area contributed by atoms with Crippen LogP contribution < -0.4 is 5.32 Å². The molecule has 0 radical (unpaired) electrons. The normalized spacial score (nSPS) is 21.6. The fourth-order valence-electron chi connectivity index (χ4n) is 7.64. The molecule has 2 amide bonds. The minimum Gasteiger partial charge on any atom is -0.456 e. The van der Waals surface area contributed by atoms with Gasteiger partial charge in [0.2, 0.25) is 11.8 Å². The number of ether oxygens (including phenoxy) is 2. The van der Waals surface area contributed by atoms with Crippen LogP contribution in [0.25, 0.3) is 10.8 Å². The van der Waals surface area contributed by atoms with Crippen LogP contribution in [0.1, 0.15) is 48.1 Å². The van der Waals surface area contributed by atoms with E-state index in [-0.39, 0.29) is 11.8 Å². The van der Waals surface area contributed by atoms with E-state index in [4.69, 9.17) is 9.47 Å². The van der Waals surface area contributed by atoms with Crippen molar-refractivity contribution < 1.29 is 28.7 Å². The second-order valence-electron chi connectivity index (χ2n) is 13.2. The van der Waals surface area contributed by atoms with Crippen LogP contribution in [-0.4, -0.2) is 52.9 Å². The van der Waals surface area contributed by atoms with E-state index in [0.717, 1.165) is 27.5 Å². The van der Waals surface area contributed by atoms with E-state index < -0.39 is 47.6 Å². The molecule has 2 aliphatic heterocycles. The maximum atomic E-state index is 14.3. The van der Waals surface area contributed by atoms with Gasteiger partial charge in [0.25, 0.3) is 0 Å². The molecule has 50 heavy (non-hydrogen) atoms. The average Bonchev–Trinajstić information content (AvgIpc) is 3.37. The Bertz CT molecular complexity index is 2000. The second kappa shape index (κ2) is 13.6. The summed E-state index contributed by atoms with van der Waals surface area (Å²) in [6, 6.07) is 39.9. The molecule has 0 saturated carbocycles. The quantitative estimate of drug-likeness (QED) is 0.109. The van der Waals surface area contributed by atoms with Crippen molar-refractivity contribution in [1.82, 2.24) is 10.2 Å². The van der Waals surface area contributed by atoms with Gasteiger partial charge in [-0.25, -0.2) is 0 Å². The molecule has 2 aliphatic rings. The van der Waals surface area contributed by atoms with Crippen molar-refractivity contribution in [2.45, 2.75) is 50.0 Å². The molecule has 7 rings (SSSR count).